The summed E-state index contributed by atoms with van der Waals surface area (Å²) in [5.74, 6) is -1.49. The van der Waals surface area contributed by atoms with Gasteiger partial charge < -0.3 is 25.0 Å². The quantitative estimate of drug-likeness (QED) is 0.589. The Morgan fingerprint density at radius 1 is 1.00 bits per heavy atom. The molecule has 0 bridgehead atoms. The average molecular weight is 473 g/mol. The van der Waals surface area contributed by atoms with Gasteiger partial charge >= 0.3 is 6.03 Å². The molecule has 33 heavy (non-hydrogen) atoms. The lowest BCUT2D eigenvalue weighted by molar-refractivity contribution is 0.102. The van der Waals surface area contributed by atoms with Crippen molar-refractivity contribution in [1.29, 1.82) is 0 Å². The third-order valence-corrected chi connectivity index (χ3v) is 6.26. The van der Waals surface area contributed by atoms with Crippen LogP contribution in [0.25, 0.3) is 0 Å². The fourth-order valence-electron chi connectivity index (χ4n) is 3.66. The minimum Gasteiger partial charge on any atom is -0.454 e. The number of carbonyl (C=O) groups is 2. The van der Waals surface area contributed by atoms with E-state index in [9.17, 15) is 18.4 Å². The van der Waals surface area contributed by atoms with Crippen molar-refractivity contribution in [2.75, 3.05) is 24.0 Å². The Balaban J connectivity index is 1.26. The van der Waals surface area contributed by atoms with Gasteiger partial charge in [-0.05, 0) is 37.1 Å². The Kier molecular flexibility index (Phi) is 5.50. The van der Waals surface area contributed by atoms with Crippen LogP contribution in [0.1, 0.15) is 33.7 Å². The average Bonchev–Trinajstić information content (AvgIpc) is 3.55. The fourth-order valence-corrected chi connectivity index (χ4v) is 4.54. The van der Waals surface area contributed by atoms with E-state index in [0.29, 0.717) is 35.2 Å². The van der Waals surface area contributed by atoms with Gasteiger partial charge in [-0.3, -0.25) is 4.79 Å². The van der Waals surface area contributed by atoms with Crippen LogP contribution in [0, 0.1) is 11.6 Å². The number of urea groups is 1. The summed E-state index contributed by atoms with van der Waals surface area (Å²) in [4.78, 5) is 27.0. The Bertz CT molecular complexity index is 1240. The predicted octanol–water partition coefficient (Wildman–Crippen LogP) is 4.17. The second kappa shape index (κ2) is 8.62. The Morgan fingerprint density at radius 3 is 2.64 bits per heavy atom. The first-order valence-electron chi connectivity index (χ1n) is 10.0. The third-order valence-electron chi connectivity index (χ3n) is 5.23. The summed E-state index contributed by atoms with van der Waals surface area (Å²) in [5.41, 5.74) is 0.667. The molecule has 1 fully saturated rings. The molecule has 1 aromatic heterocycles. The van der Waals surface area contributed by atoms with E-state index < -0.39 is 17.5 Å². The zero-order chi connectivity index (χ0) is 22.9. The van der Waals surface area contributed by atoms with E-state index in [-0.39, 0.29) is 29.6 Å². The highest BCUT2D eigenvalue weighted by Gasteiger charge is 2.33. The van der Waals surface area contributed by atoms with Gasteiger partial charge in [0.15, 0.2) is 23.1 Å². The van der Waals surface area contributed by atoms with Gasteiger partial charge in [0.05, 0.1) is 6.04 Å². The molecule has 9 nitrogen and oxygen atoms in total. The summed E-state index contributed by atoms with van der Waals surface area (Å²) in [6.45, 7) is 0.668. The highest BCUT2D eigenvalue weighted by molar-refractivity contribution is 7.13. The molecule has 2 aliphatic heterocycles. The van der Waals surface area contributed by atoms with Gasteiger partial charge in [0.1, 0.15) is 5.01 Å². The van der Waals surface area contributed by atoms with Crippen LogP contribution in [0.3, 0.4) is 0 Å². The van der Waals surface area contributed by atoms with Gasteiger partial charge in [0.25, 0.3) is 5.91 Å². The van der Waals surface area contributed by atoms with Crippen molar-refractivity contribution in [3.05, 3.63) is 58.0 Å². The number of carbonyl (C=O) groups excluding carboxylic acids is 2. The normalized spacial score (nSPS) is 16.7. The number of fused-ring (bicyclic) bond motifs is 1. The van der Waals surface area contributed by atoms with Gasteiger partial charge in [0, 0.05) is 30.1 Å². The molecule has 170 valence electrons. The number of likely N-dealkylation sites (tertiary alicyclic amines) is 1. The minimum absolute atomic E-state index is 0.0535. The summed E-state index contributed by atoms with van der Waals surface area (Å²) in [6, 6.07) is 7.55. The fraction of sp³-hybridized carbons (Fsp3) is 0.238. The molecule has 1 saturated heterocycles. The van der Waals surface area contributed by atoms with Crippen LogP contribution in [-0.2, 0) is 0 Å². The van der Waals surface area contributed by atoms with Gasteiger partial charge in [-0.25, -0.2) is 13.6 Å². The lowest BCUT2D eigenvalue weighted by atomic mass is 10.2. The van der Waals surface area contributed by atoms with Crippen LogP contribution >= 0.6 is 11.3 Å². The second-order valence-corrected chi connectivity index (χ2v) is 8.39. The van der Waals surface area contributed by atoms with Gasteiger partial charge in [-0.15, -0.1) is 10.2 Å². The van der Waals surface area contributed by atoms with Gasteiger partial charge in [-0.2, -0.15) is 0 Å². The summed E-state index contributed by atoms with van der Waals surface area (Å²) < 4.78 is 37.1. The monoisotopic (exact) mass is 473 g/mol. The number of benzene rings is 2. The summed E-state index contributed by atoms with van der Waals surface area (Å²) in [6.07, 6.45) is 1.45. The number of amides is 3. The first-order valence-corrected chi connectivity index (χ1v) is 10.9. The number of hydrogen-bond acceptors (Lipinski definition) is 7. The molecule has 0 radical (unpaired) electrons. The van der Waals surface area contributed by atoms with Crippen LogP contribution in [0.2, 0.25) is 0 Å². The molecule has 3 amide bonds. The van der Waals surface area contributed by atoms with E-state index in [1.54, 1.807) is 23.1 Å². The number of ether oxygens (including phenoxy) is 2. The molecule has 0 unspecified atom stereocenters. The third kappa shape index (κ3) is 4.29. The highest BCUT2D eigenvalue weighted by atomic mass is 32.1. The Morgan fingerprint density at radius 2 is 1.79 bits per heavy atom. The molecule has 2 aliphatic rings. The zero-order valence-corrected chi connectivity index (χ0v) is 17.8. The number of anilines is 2. The molecule has 12 heteroatoms. The lowest BCUT2D eigenvalue weighted by Crippen LogP contribution is -2.34. The van der Waals surface area contributed by atoms with Crippen molar-refractivity contribution in [1.82, 2.24) is 15.1 Å². The van der Waals surface area contributed by atoms with Crippen molar-refractivity contribution in [2.45, 2.75) is 18.9 Å². The molecule has 0 aliphatic carbocycles. The number of aromatic nitrogens is 2. The molecule has 3 aromatic rings. The standard InChI is InChI=1S/C21H17F2N5O4S/c22-13-5-3-11(8-14(13)23)24-18(29)20-27-26-19(33-20)15-2-1-7-28(15)21(30)25-12-4-6-16-17(9-12)32-10-31-16/h3-6,8-9,15H,1-2,7,10H2,(H,24,29)(H,25,30)/t15-/m1/s1. The molecular formula is C21H17F2N5O4S. The van der Waals surface area contributed by atoms with Crippen LogP contribution in [0.5, 0.6) is 11.5 Å². The number of hydrogen-bond donors (Lipinski definition) is 2. The molecule has 3 heterocycles. The lowest BCUT2D eigenvalue weighted by Gasteiger charge is -2.23. The predicted molar refractivity (Wildman–Crippen MR) is 114 cm³/mol. The second-order valence-electron chi connectivity index (χ2n) is 7.38. The van der Waals surface area contributed by atoms with Crippen molar-refractivity contribution in [3.8, 4) is 11.5 Å². The maximum Gasteiger partial charge on any atom is 0.322 e. The highest BCUT2D eigenvalue weighted by Crippen LogP contribution is 2.36. The molecule has 5 rings (SSSR count). The van der Waals surface area contributed by atoms with Crippen molar-refractivity contribution in [3.63, 3.8) is 0 Å². The molecule has 2 N–H and O–H groups in total. The summed E-state index contributed by atoms with van der Waals surface area (Å²) >= 11 is 1.05. The summed E-state index contributed by atoms with van der Waals surface area (Å²) in [5, 5.41) is 13.9. The van der Waals surface area contributed by atoms with Crippen molar-refractivity contribution in [2.24, 2.45) is 0 Å². The van der Waals surface area contributed by atoms with Gasteiger partial charge in [0.2, 0.25) is 11.8 Å². The van der Waals surface area contributed by atoms with E-state index in [1.807, 2.05) is 0 Å². The minimum atomic E-state index is -1.07. The number of rotatable bonds is 4. The smallest absolute Gasteiger partial charge is 0.322 e. The van der Waals surface area contributed by atoms with Crippen molar-refractivity contribution >= 4 is 34.6 Å². The van der Waals surface area contributed by atoms with Crippen molar-refractivity contribution < 1.29 is 27.8 Å². The Labute approximate surface area is 190 Å². The van der Waals surface area contributed by atoms with E-state index in [4.69, 9.17) is 9.47 Å². The maximum atomic E-state index is 13.4. The first-order chi connectivity index (χ1) is 16.0. The SMILES string of the molecule is O=C(Nc1ccc(F)c(F)c1)c1nnc([C@H]2CCCN2C(=O)Nc2ccc3c(c2)OCO3)s1. The van der Waals surface area contributed by atoms with Crippen LogP contribution in [0.15, 0.2) is 36.4 Å². The molecular weight excluding hydrogens is 456 g/mol. The van der Waals surface area contributed by atoms with Crippen LogP contribution in [-0.4, -0.2) is 40.4 Å². The van der Waals surface area contributed by atoms with Gasteiger partial charge in [-0.1, -0.05) is 11.3 Å². The zero-order valence-electron chi connectivity index (χ0n) is 17.0. The van der Waals surface area contributed by atoms with E-state index >= 15 is 0 Å². The number of nitrogens with zero attached hydrogens (tertiary/aromatic N) is 3. The van der Waals surface area contributed by atoms with E-state index in [1.165, 1.54) is 6.07 Å². The summed E-state index contributed by atoms with van der Waals surface area (Å²) in [7, 11) is 0. The number of nitrogens with one attached hydrogen (secondary N) is 2. The van der Waals surface area contributed by atoms with E-state index in [0.717, 1.165) is 29.9 Å². The molecule has 1 atom stereocenters. The maximum absolute atomic E-state index is 13.4. The number of halogens is 2. The molecule has 0 saturated carbocycles. The largest absolute Gasteiger partial charge is 0.454 e. The molecule has 0 spiro atoms. The molecule has 2 aromatic carbocycles. The topological polar surface area (TPSA) is 106 Å². The van der Waals surface area contributed by atoms with Crippen LogP contribution in [0.4, 0.5) is 25.0 Å². The van der Waals surface area contributed by atoms with E-state index in [2.05, 4.69) is 20.8 Å². The Hall–Kier alpha value is -3.80. The first kappa shape index (κ1) is 21.1. The van der Waals surface area contributed by atoms with Crippen LogP contribution < -0.4 is 20.1 Å².